The molecule has 4 rings (SSSR count). The third kappa shape index (κ3) is 3.38. The second kappa shape index (κ2) is 7.67. The number of hydrogen-bond donors (Lipinski definition) is 0. The largest absolute Gasteiger partial charge is 0.341 e. The maximum absolute atomic E-state index is 12.6. The van der Waals surface area contributed by atoms with Crippen LogP contribution < -0.4 is 0 Å². The molecular weight excluding hydrogens is 374 g/mol. The molecule has 2 aliphatic heterocycles. The van der Waals surface area contributed by atoms with Crippen molar-refractivity contribution in [2.75, 3.05) is 19.6 Å². The number of fused-ring (bicyclic) bond motifs is 1. The van der Waals surface area contributed by atoms with Crippen LogP contribution in [-0.4, -0.2) is 51.1 Å². The van der Waals surface area contributed by atoms with Crippen LogP contribution in [0.4, 0.5) is 4.79 Å². The van der Waals surface area contributed by atoms with Crippen molar-refractivity contribution in [2.45, 2.75) is 19.4 Å². The minimum Gasteiger partial charge on any atom is -0.341 e. The average Bonchev–Trinajstić information content (AvgIpc) is 3.39. The number of likely N-dealkylation sites (tertiary alicyclic amines) is 1. The van der Waals surface area contributed by atoms with Crippen LogP contribution in [0.3, 0.4) is 0 Å². The molecule has 0 aliphatic carbocycles. The molecule has 0 unspecified atom stereocenters. The average molecular weight is 395 g/mol. The van der Waals surface area contributed by atoms with E-state index in [1.54, 1.807) is 6.08 Å². The van der Waals surface area contributed by atoms with E-state index in [0.717, 1.165) is 54.2 Å². The number of amides is 3. The highest BCUT2D eigenvalue weighted by molar-refractivity contribution is 8.18. The normalized spacial score (nSPS) is 18.6. The van der Waals surface area contributed by atoms with Crippen molar-refractivity contribution in [3.05, 3.63) is 53.6 Å². The summed E-state index contributed by atoms with van der Waals surface area (Å²) in [6.07, 6.45) is 7.29. The molecule has 6 nitrogen and oxygen atoms in total. The lowest BCUT2D eigenvalue weighted by Gasteiger charge is -2.15. The number of imide groups is 1. The smallest absolute Gasteiger partial charge is 0.293 e. The van der Waals surface area contributed by atoms with E-state index in [2.05, 4.69) is 6.58 Å². The van der Waals surface area contributed by atoms with Crippen LogP contribution in [-0.2, 0) is 16.1 Å². The molecule has 0 radical (unpaired) electrons. The second-order valence-electron chi connectivity index (χ2n) is 6.90. The van der Waals surface area contributed by atoms with Crippen molar-refractivity contribution < 1.29 is 14.4 Å². The third-order valence-electron chi connectivity index (χ3n) is 5.06. The van der Waals surface area contributed by atoms with Gasteiger partial charge in [-0.15, -0.1) is 6.58 Å². The van der Waals surface area contributed by atoms with Gasteiger partial charge in [-0.25, -0.2) is 0 Å². The SMILES string of the molecule is C=CCN1C(=O)S/C(=C\c2cn(CC(=O)N3CCCC3)c3ccccc23)C1=O. The predicted octanol–water partition coefficient (Wildman–Crippen LogP) is 3.49. The number of benzene rings is 1. The van der Waals surface area contributed by atoms with Crippen LogP contribution in [0.1, 0.15) is 18.4 Å². The summed E-state index contributed by atoms with van der Waals surface area (Å²) >= 11 is 0.935. The topological polar surface area (TPSA) is 62.6 Å². The molecule has 3 amide bonds. The minimum atomic E-state index is -0.306. The Morgan fingerprint density at radius 1 is 1.18 bits per heavy atom. The Morgan fingerprint density at radius 2 is 1.93 bits per heavy atom. The van der Waals surface area contributed by atoms with Gasteiger partial charge in [-0.3, -0.25) is 19.3 Å². The van der Waals surface area contributed by atoms with E-state index in [0.29, 0.717) is 4.91 Å². The van der Waals surface area contributed by atoms with Crippen molar-refractivity contribution in [1.82, 2.24) is 14.4 Å². The van der Waals surface area contributed by atoms with E-state index in [1.165, 1.54) is 11.0 Å². The highest BCUT2D eigenvalue weighted by atomic mass is 32.2. The molecule has 0 N–H and O–H groups in total. The van der Waals surface area contributed by atoms with E-state index in [1.807, 2.05) is 39.9 Å². The maximum atomic E-state index is 12.6. The Labute approximate surface area is 167 Å². The van der Waals surface area contributed by atoms with Crippen molar-refractivity contribution in [2.24, 2.45) is 0 Å². The zero-order valence-electron chi connectivity index (χ0n) is 15.5. The molecule has 144 valence electrons. The summed E-state index contributed by atoms with van der Waals surface area (Å²) in [5.41, 5.74) is 1.76. The Bertz CT molecular complexity index is 1000. The molecule has 3 heterocycles. The first kappa shape index (κ1) is 18.6. The highest BCUT2D eigenvalue weighted by Gasteiger charge is 2.34. The van der Waals surface area contributed by atoms with E-state index < -0.39 is 0 Å². The van der Waals surface area contributed by atoms with Gasteiger partial charge in [0.1, 0.15) is 6.54 Å². The van der Waals surface area contributed by atoms with Crippen LogP contribution in [0.5, 0.6) is 0 Å². The lowest BCUT2D eigenvalue weighted by atomic mass is 10.1. The molecule has 0 saturated carbocycles. The van der Waals surface area contributed by atoms with E-state index in [9.17, 15) is 14.4 Å². The lowest BCUT2D eigenvalue weighted by Crippen LogP contribution is -2.30. The number of nitrogens with zero attached hydrogens (tertiary/aromatic N) is 3. The summed E-state index contributed by atoms with van der Waals surface area (Å²) < 4.78 is 1.93. The number of carbonyl (C=O) groups excluding carboxylic acids is 3. The molecule has 1 aromatic heterocycles. The summed E-state index contributed by atoms with van der Waals surface area (Å²) in [5, 5.41) is 0.663. The van der Waals surface area contributed by atoms with Gasteiger partial charge in [0.25, 0.3) is 11.1 Å². The Kier molecular flexibility index (Phi) is 5.09. The first-order valence-electron chi connectivity index (χ1n) is 9.30. The first-order chi connectivity index (χ1) is 13.6. The molecule has 28 heavy (non-hydrogen) atoms. The van der Waals surface area contributed by atoms with Gasteiger partial charge in [-0.05, 0) is 36.7 Å². The number of para-hydroxylation sites is 1. The van der Waals surface area contributed by atoms with Crippen LogP contribution in [0, 0.1) is 0 Å². The number of carbonyl (C=O) groups is 3. The summed E-state index contributed by atoms with van der Waals surface area (Å²) in [4.78, 5) is 40.6. The molecule has 2 aromatic rings. The fourth-order valence-corrected chi connectivity index (χ4v) is 4.50. The second-order valence-corrected chi connectivity index (χ2v) is 7.89. The first-order valence-corrected chi connectivity index (χ1v) is 10.1. The van der Waals surface area contributed by atoms with Crippen molar-refractivity contribution in [3.8, 4) is 0 Å². The van der Waals surface area contributed by atoms with E-state index in [-0.39, 0.29) is 30.1 Å². The van der Waals surface area contributed by atoms with Gasteiger partial charge >= 0.3 is 0 Å². The van der Waals surface area contributed by atoms with Crippen LogP contribution in [0.15, 0.2) is 48.0 Å². The molecule has 1 aromatic carbocycles. The minimum absolute atomic E-state index is 0.108. The molecular formula is C21H21N3O3S. The highest BCUT2D eigenvalue weighted by Crippen LogP contribution is 2.34. The zero-order valence-corrected chi connectivity index (χ0v) is 16.3. The van der Waals surface area contributed by atoms with Crippen LogP contribution >= 0.6 is 11.8 Å². The standard InChI is InChI=1S/C21H21N3O3S/c1-2-9-24-20(26)18(28-21(24)27)12-15-13-23(17-8-4-3-7-16(15)17)14-19(25)22-10-5-6-11-22/h2-4,7-8,12-13H,1,5-6,9-11,14H2/b18-12-. The summed E-state index contributed by atoms with van der Waals surface area (Å²) in [5.74, 6) is -0.198. The van der Waals surface area contributed by atoms with Crippen LogP contribution in [0.25, 0.3) is 17.0 Å². The van der Waals surface area contributed by atoms with Gasteiger partial charge in [-0.1, -0.05) is 24.3 Å². The fraction of sp³-hybridized carbons (Fsp3) is 0.286. The van der Waals surface area contributed by atoms with Crippen molar-refractivity contribution in [3.63, 3.8) is 0 Å². The quantitative estimate of drug-likeness (QED) is 0.574. The van der Waals surface area contributed by atoms with Crippen molar-refractivity contribution in [1.29, 1.82) is 0 Å². The number of rotatable bonds is 5. The number of aromatic nitrogens is 1. The van der Waals surface area contributed by atoms with Gasteiger partial charge < -0.3 is 9.47 Å². The zero-order chi connectivity index (χ0) is 19.7. The lowest BCUT2D eigenvalue weighted by molar-refractivity contribution is -0.130. The monoisotopic (exact) mass is 395 g/mol. The summed E-state index contributed by atoms with van der Waals surface area (Å²) in [6.45, 7) is 5.71. The molecule has 2 saturated heterocycles. The molecule has 2 fully saturated rings. The van der Waals surface area contributed by atoms with Crippen molar-refractivity contribution >= 4 is 45.8 Å². The van der Waals surface area contributed by atoms with Gasteiger partial charge in [0.05, 0.1) is 4.91 Å². The van der Waals surface area contributed by atoms with E-state index >= 15 is 0 Å². The molecule has 7 heteroatoms. The Balaban J connectivity index is 1.67. The summed E-state index contributed by atoms with van der Waals surface area (Å²) in [6, 6.07) is 7.79. The molecule has 0 spiro atoms. The number of hydrogen-bond acceptors (Lipinski definition) is 4. The third-order valence-corrected chi connectivity index (χ3v) is 5.96. The maximum Gasteiger partial charge on any atom is 0.293 e. The van der Waals surface area contributed by atoms with Gasteiger partial charge in [0.15, 0.2) is 0 Å². The van der Waals surface area contributed by atoms with Gasteiger partial charge in [0.2, 0.25) is 5.91 Å². The predicted molar refractivity (Wildman–Crippen MR) is 111 cm³/mol. The van der Waals surface area contributed by atoms with Gasteiger partial charge in [0, 0.05) is 42.3 Å². The fourth-order valence-electron chi connectivity index (χ4n) is 3.66. The molecule has 0 bridgehead atoms. The Morgan fingerprint density at radius 3 is 2.68 bits per heavy atom. The molecule has 2 aliphatic rings. The van der Waals surface area contributed by atoms with E-state index in [4.69, 9.17) is 0 Å². The number of thioether (sulfide) groups is 1. The summed E-state index contributed by atoms with van der Waals surface area (Å²) in [7, 11) is 0. The molecule has 0 atom stereocenters. The van der Waals surface area contributed by atoms with Crippen LogP contribution in [0.2, 0.25) is 0 Å². The Hall–Kier alpha value is -2.80. The van der Waals surface area contributed by atoms with Gasteiger partial charge in [-0.2, -0.15) is 0 Å².